The van der Waals surface area contributed by atoms with Crippen LogP contribution in [0.4, 0.5) is 5.69 Å². The monoisotopic (exact) mass is 332 g/mol. The summed E-state index contributed by atoms with van der Waals surface area (Å²) in [5, 5.41) is 2.97. The average Bonchev–Trinajstić information content (AvgIpc) is 3.04. The number of hydrogen-bond donors (Lipinski definition) is 1. The molecule has 5 nitrogen and oxygen atoms in total. The second kappa shape index (κ2) is 8.83. The molecule has 1 unspecified atom stereocenters. The molecule has 1 aliphatic heterocycles. The number of para-hydroxylation sites is 1. The number of hydrogen-bond acceptors (Lipinski definition) is 3. The summed E-state index contributed by atoms with van der Waals surface area (Å²) in [5.74, 6) is 0.261. The van der Waals surface area contributed by atoms with E-state index >= 15 is 0 Å². The molecule has 0 radical (unpaired) electrons. The Morgan fingerprint density at radius 3 is 2.71 bits per heavy atom. The lowest BCUT2D eigenvalue weighted by Crippen LogP contribution is -2.37. The van der Waals surface area contributed by atoms with E-state index in [1.807, 2.05) is 24.3 Å². The first-order chi connectivity index (χ1) is 11.5. The van der Waals surface area contributed by atoms with Crippen LogP contribution in [0, 0.1) is 0 Å². The SMILES string of the molecule is CC(=O)N(CCC(=O)Nc1ccccc1C(C)C)CC1CCCO1. The van der Waals surface area contributed by atoms with Crippen molar-refractivity contribution >= 4 is 17.5 Å². The van der Waals surface area contributed by atoms with E-state index in [-0.39, 0.29) is 17.9 Å². The zero-order valence-corrected chi connectivity index (χ0v) is 14.9. The predicted molar refractivity (Wildman–Crippen MR) is 95.0 cm³/mol. The molecule has 1 aliphatic rings. The molecular weight excluding hydrogens is 304 g/mol. The molecule has 0 spiro atoms. The van der Waals surface area contributed by atoms with Crippen molar-refractivity contribution in [2.75, 3.05) is 25.0 Å². The van der Waals surface area contributed by atoms with Crippen molar-refractivity contribution in [2.45, 2.75) is 52.1 Å². The zero-order chi connectivity index (χ0) is 17.5. The Labute approximate surface area is 144 Å². The Bertz CT molecular complexity index is 565. The van der Waals surface area contributed by atoms with Crippen molar-refractivity contribution in [1.29, 1.82) is 0 Å². The van der Waals surface area contributed by atoms with Crippen molar-refractivity contribution in [3.63, 3.8) is 0 Å². The number of ether oxygens (including phenoxy) is 1. The summed E-state index contributed by atoms with van der Waals surface area (Å²) in [5.41, 5.74) is 1.97. The maximum atomic E-state index is 12.3. The highest BCUT2D eigenvalue weighted by Gasteiger charge is 2.21. The summed E-state index contributed by atoms with van der Waals surface area (Å²) >= 11 is 0. The molecule has 1 N–H and O–H groups in total. The van der Waals surface area contributed by atoms with E-state index in [2.05, 4.69) is 19.2 Å². The predicted octanol–water partition coefficient (Wildman–Crippen LogP) is 3.17. The molecule has 1 atom stereocenters. The van der Waals surface area contributed by atoms with Gasteiger partial charge >= 0.3 is 0 Å². The van der Waals surface area contributed by atoms with Gasteiger partial charge in [-0.2, -0.15) is 0 Å². The van der Waals surface area contributed by atoms with Gasteiger partial charge in [-0.15, -0.1) is 0 Å². The van der Waals surface area contributed by atoms with Crippen LogP contribution in [0.3, 0.4) is 0 Å². The zero-order valence-electron chi connectivity index (χ0n) is 14.9. The van der Waals surface area contributed by atoms with E-state index in [9.17, 15) is 9.59 Å². The number of carbonyl (C=O) groups excluding carboxylic acids is 2. The number of anilines is 1. The van der Waals surface area contributed by atoms with E-state index < -0.39 is 0 Å². The van der Waals surface area contributed by atoms with Crippen LogP contribution in [0.15, 0.2) is 24.3 Å². The van der Waals surface area contributed by atoms with Gasteiger partial charge in [-0.3, -0.25) is 9.59 Å². The Hall–Kier alpha value is -1.88. The van der Waals surface area contributed by atoms with Gasteiger partial charge in [0.1, 0.15) is 0 Å². The summed E-state index contributed by atoms with van der Waals surface area (Å²) in [7, 11) is 0. The number of amides is 2. The molecule has 2 rings (SSSR count). The minimum absolute atomic E-state index is 0.0131. The van der Waals surface area contributed by atoms with Gasteiger partial charge in [-0.25, -0.2) is 0 Å². The summed E-state index contributed by atoms with van der Waals surface area (Å²) in [6.07, 6.45) is 2.43. The molecular formula is C19H28N2O3. The van der Waals surface area contributed by atoms with Crippen LogP contribution >= 0.6 is 0 Å². The van der Waals surface area contributed by atoms with Gasteiger partial charge in [0.2, 0.25) is 11.8 Å². The topological polar surface area (TPSA) is 58.6 Å². The van der Waals surface area contributed by atoms with Gasteiger partial charge in [0, 0.05) is 38.7 Å². The highest BCUT2D eigenvalue weighted by molar-refractivity contribution is 5.92. The van der Waals surface area contributed by atoms with E-state index in [0.717, 1.165) is 30.7 Å². The fourth-order valence-corrected chi connectivity index (χ4v) is 2.97. The van der Waals surface area contributed by atoms with Crippen LogP contribution < -0.4 is 5.32 Å². The molecule has 0 aromatic heterocycles. The molecule has 1 saturated heterocycles. The van der Waals surface area contributed by atoms with Crippen molar-refractivity contribution < 1.29 is 14.3 Å². The molecule has 2 amide bonds. The first kappa shape index (κ1) is 18.5. The van der Waals surface area contributed by atoms with Crippen molar-refractivity contribution in [2.24, 2.45) is 0 Å². The van der Waals surface area contributed by atoms with Crippen LogP contribution in [-0.4, -0.2) is 42.5 Å². The Balaban J connectivity index is 1.88. The number of rotatable bonds is 7. The van der Waals surface area contributed by atoms with E-state index in [1.165, 1.54) is 0 Å². The maximum Gasteiger partial charge on any atom is 0.226 e. The first-order valence-electron chi connectivity index (χ1n) is 8.73. The molecule has 1 aromatic carbocycles. The highest BCUT2D eigenvalue weighted by Crippen LogP contribution is 2.23. The Kier molecular flexibility index (Phi) is 6.79. The Morgan fingerprint density at radius 1 is 1.33 bits per heavy atom. The van der Waals surface area contributed by atoms with Gasteiger partial charge in [0.05, 0.1) is 6.10 Å². The quantitative estimate of drug-likeness (QED) is 0.834. The van der Waals surface area contributed by atoms with Gasteiger partial charge in [0.15, 0.2) is 0 Å². The molecule has 0 saturated carbocycles. The molecule has 0 aliphatic carbocycles. The van der Waals surface area contributed by atoms with Crippen LogP contribution in [0.25, 0.3) is 0 Å². The normalized spacial score (nSPS) is 17.1. The first-order valence-corrected chi connectivity index (χ1v) is 8.73. The highest BCUT2D eigenvalue weighted by atomic mass is 16.5. The van der Waals surface area contributed by atoms with Gasteiger partial charge in [0.25, 0.3) is 0 Å². The minimum atomic E-state index is -0.0679. The van der Waals surface area contributed by atoms with Gasteiger partial charge in [-0.1, -0.05) is 32.0 Å². The smallest absolute Gasteiger partial charge is 0.226 e. The van der Waals surface area contributed by atoms with Crippen LogP contribution in [0.2, 0.25) is 0 Å². The second-order valence-corrected chi connectivity index (χ2v) is 6.64. The van der Waals surface area contributed by atoms with Crippen molar-refractivity contribution in [3.8, 4) is 0 Å². The van der Waals surface area contributed by atoms with Crippen LogP contribution in [-0.2, 0) is 14.3 Å². The van der Waals surface area contributed by atoms with Crippen molar-refractivity contribution in [3.05, 3.63) is 29.8 Å². The molecule has 5 heteroatoms. The minimum Gasteiger partial charge on any atom is -0.376 e. The lowest BCUT2D eigenvalue weighted by atomic mass is 10.0. The summed E-state index contributed by atoms with van der Waals surface area (Å²) < 4.78 is 5.58. The number of carbonyl (C=O) groups is 2. The molecule has 1 fully saturated rings. The fraction of sp³-hybridized carbons (Fsp3) is 0.579. The molecule has 1 heterocycles. The number of nitrogens with one attached hydrogen (secondary N) is 1. The summed E-state index contributed by atoms with van der Waals surface area (Å²) in [6, 6.07) is 7.84. The fourth-order valence-electron chi connectivity index (χ4n) is 2.97. The largest absolute Gasteiger partial charge is 0.376 e. The molecule has 132 valence electrons. The van der Waals surface area contributed by atoms with Gasteiger partial charge in [-0.05, 0) is 30.4 Å². The lowest BCUT2D eigenvalue weighted by Gasteiger charge is -2.24. The Morgan fingerprint density at radius 2 is 2.08 bits per heavy atom. The summed E-state index contributed by atoms with van der Waals surface area (Å²) in [4.78, 5) is 25.8. The van der Waals surface area contributed by atoms with Crippen LogP contribution in [0.1, 0.15) is 51.5 Å². The molecule has 1 aromatic rings. The van der Waals surface area contributed by atoms with E-state index in [4.69, 9.17) is 4.74 Å². The second-order valence-electron chi connectivity index (χ2n) is 6.64. The third kappa shape index (κ3) is 5.34. The number of benzene rings is 1. The standard InChI is InChI=1S/C19H28N2O3/c1-14(2)17-8-4-5-9-18(17)20-19(23)10-11-21(15(3)22)13-16-7-6-12-24-16/h4-5,8-9,14,16H,6-7,10-13H2,1-3H3,(H,20,23). The van der Waals surface area contributed by atoms with E-state index in [1.54, 1.807) is 11.8 Å². The van der Waals surface area contributed by atoms with Crippen molar-refractivity contribution in [1.82, 2.24) is 4.90 Å². The molecule has 0 bridgehead atoms. The van der Waals surface area contributed by atoms with Gasteiger partial charge < -0.3 is 15.0 Å². The number of nitrogens with zero attached hydrogens (tertiary/aromatic N) is 1. The third-order valence-corrected chi connectivity index (χ3v) is 4.36. The maximum absolute atomic E-state index is 12.3. The summed E-state index contributed by atoms with van der Waals surface area (Å²) in [6.45, 7) is 7.51. The van der Waals surface area contributed by atoms with E-state index in [0.29, 0.717) is 25.4 Å². The lowest BCUT2D eigenvalue weighted by molar-refractivity contribution is -0.130. The molecule has 24 heavy (non-hydrogen) atoms. The van der Waals surface area contributed by atoms with Crippen LogP contribution in [0.5, 0.6) is 0 Å². The third-order valence-electron chi connectivity index (χ3n) is 4.36. The average molecular weight is 332 g/mol.